The van der Waals surface area contributed by atoms with E-state index in [0.717, 1.165) is 10.5 Å². The van der Waals surface area contributed by atoms with E-state index < -0.39 is 11.0 Å². The number of aliphatic hydroxyl groups is 2. The van der Waals surface area contributed by atoms with Crippen LogP contribution in [0.25, 0.3) is 6.08 Å². The highest BCUT2D eigenvalue weighted by Gasteiger charge is 2.28. The van der Waals surface area contributed by atoms with Gasteiger partial charge in [0, 0.05) is 36.0 Å². The van der Waals surface area contributed by atoms with E-state index in [1.165, 1.54) is 23.9 Å². The summed E-state index contributed by atoms with van der Waals surface area (Å²) >= 11 is 1.37. The first-order valence-electron chi connectivity index (χ1n) is 10.6. The van der Waals surface area contributed by atoms with Gasteiger partial charge in [-0.05, 0) is 41.7 Å². The Morgan fingerprint density at radius 2 is 2.03 bits per heavy atom. The fourth-order valence-electron chi connectivity index (χ4n) is 3.71. The average molecular weight is 457 g/mol. The number of benzene rings is 2. The molecule has 2 unspecified atom stereocenters. The van der Waals surface area contributed by atoms with Crippen LogP contribution in [0, 0.1) is 16.0 Å². The number of piperidine rings is 1. The number of hydrogen-bond donors (Lipinski definition) is 2. The molecule has 2 aromatic carbocycles. The van der Waals surface area contributed by atoms with E-state index in [0.29, 0.717) is 29.3 Å². The SMILES string of the molecule is CC(C)c1ccccc1Sc1ccc(C=CC(=O)N2CCC(O)C(CO)C2)cc1[N+](=O)[O-]. The first-order valence-corrected chi connectivity index (χ1v) is 11.4. The predicted molar refractivity (Wildman–Crippen MR) is 125 cm³/mol. The predicted octanol–water partition coefficient (Wildman–Crippen LogP) is 4.08. The van der Waals surface area contributed by atoms with E-state index in [9.17, 15) is 25.1 Å². The van der Waals surface area contributed by atoms with Crippen molar-refractivity contribution >= 4 is 29.4 Å². The van der Waals surface area contributed by atoms with E-state index in [1.807, 2.05) is 24.3 Å². The van der Waals surface area contributed by atoms with Crippen molar-refractivity contribution in [1.29, 1.82) is 0 Å². The maximum Gasteiger partial charge on any atom is 0.283 e. The number of nitro benzene ring substituents is 1. The molecule has 8 heteroatoms. The number of nitro groups is 1. The quantitative estimate of drug-likeness (QED) is 0.370. The van der Waals surface area contributed by atoms with E-state index in [1.54, 1.807) is 23.1 Å². The van der Waals surface area contributed by atoms with Crippen molar-refractivity contribution in [1.82, 2.24) is 4.90 Å². The number of aliphatic hydroxyl groups excluding tert-OH is 2. The van der Waals surface area contributed by atoms with Crippen LogP contribution in [-0.4, -0.2) is 51.7 Å². The van der Waals surface area contributed by atoms with Crippen LogP contribution in [0.2, 0.25) is 0 Å². The summed E-state index contributed by atoms with van der Waals surface area (Å²) in [5.74, 6) is -0.304. The highest BCUT2D eigenvalue weighted by molar-refractivity contribution is 7.99. The number of carbonyl (C=O) groups is 1. The van der Waals surface area contributed by atoms with Crippen LogP contribution in [0.15, 0.2) is 58.3 Å². The highest BCUT2D eigenvalue weighted by Crippen LogP contribution is 2.39. The molecule has 0 radical (unpaired) electrons. The minimum atomic E-state index is -0.610. The number of likely N-dealkylation sites (tertiary alicyclic amines) is 1. The Bertz CT molecular complexity index is 1010. The molecular formula is C24H28N2O5S. The standard InChI is InChI=1S/C24H28N2O5S/c1-16(2)19-5-3-4-6-22(19)32-23-9-7-17(13-20(23)26(30)31)8-10-24(29)25-12-11-21(28)18(14-25)15-27/h3-10,13,16,18,21,27-28H,11-12,14-15H2,1-2H3. The molecule has 0 aromatic heterocycles. The van der Waals surface area contributed by atoms with Gasteiger partial charge in [-0.25, -0.2) is 0 Å². The number of carbonyl (C=O) groups excluding carboxylic acids is 1. The van der Waals surface area contributed by atoms with Gasteiger partial charge >= 0.3 is 0 Å². The summed E-state index contributed by atoms with van der Waals surface area (Å²) in [5, 5.41) is 30.9. The lowest BCUT2D eigenvalue weighted by Gasteiger charge is -2.34. The van der Waals surface area contributed by atoms with Gasteiger partial charge in [-0.2, -0.15) is 0 Å². The molecule has 7 nitrogen and oxygen atoms in total. The van der Waals surface area contributed by atoms with Crippen LogP contribution >= 0.6 is 11.8 Å². The third-order valence-electron chi connectivity index (χ3n) is 5.60. The molecule has 32 heavy (non-hydrogen) atoms. The van der Waals surface area contributed by atoms with Crippen molar-refractivity contribution in [3.63, 3.8) is 0 Å². The first kappa shape index (κ1) is 24.0. The average Bonchev–Trinajstić information content (AvgIpc) is 2.78. The van der Waals surface area contributed by atoms with Gasteiger partial charge in [-0.1, -0.05) is 49.9 Å². The molecule has 0 saturated carbocycles. The Hall–Kier alpha value is -2.68. The first-order chi connectivity index (χ1) is 15.3. The van der Waals surface area contributed by atoms with Crippen LogP contribution in [0.4, 0.5) is 5.69 Å². The van der Waals surface area contributed by atoms with E-state index in [2.05, 4.69) is 13.8 Å². The van der Waals surface area contributed by atoms with Crippen LogP contribution in [-0.2, 0) is 4.79 Å². The van der Waals surface area contributed by atoms with E-state index >= 15 is 0 Å². The zero-order valence-electron chi connectivity index (χ0n) is 18.2. The van der Waals surface area contributed by atoms with Crippen molar-refractivity contribution in [2.24, 2.45) is 5.92 Å². The third kappa shape index (κ3) is 5.76. The van der Waals surface area contributed by atoms with Crippen molar-refractivity contribution < 1.29 is 19.9 Å². The van der Waals surface area contributed by atoms with Gasteiger partial charge in [0.25, 0.3) is 5.69 Å². The van der Waals surface area contributed by atoms with Crippen molar-refractivity contribution in [2.45, 2.75) is 42.1 Å². The van der Waals surface area contributed by atoms with Crippen LogP contribution in [0.3, 0.4) is 0 Å². The minimum absolute atomic E-state index is 0.00963. The zero-order chi connectivity index (χ0) is 23.3. The molecule has 2 atom stereocenters. The Morgan fingerprint density at radius 3 is 2.72 bits per heavy atom. The van der Waals surface area contributed by atoms with E-state index in [-0.39, 0.29) is 30.7 Å². The molecule has 170 valence electrons. The monoisotopic (exact) mass is 456 g/mol. The normalized spacial score (nSPS) is 19.0. The maximum atomic E-state index is 12.5. The van der Waals surface area contributed by atoms with Gasteiger partial charge < -0.3 is 15.1 Å². The fraction of sp³-hybridized carbons (Fsp3) is 0.375. The highest BCUT2D eigenvalue weighted by atomic mass is 32.2. The molecule has 1 heterocycles. The summed E-state index contributed by atoms with van der Waals surface area (Å²) in [4.78, 5) is 26.9. The zero-order valence-corrected chi connectivity index (χ0v) is 19.0. The lowest BCUT2D eigenvalue weighted by molar-refractivity contribution is -0.387. The van der Waals surface area contributed by atoms with Gasteiger partial charge in [0.05, 0.1) is 22.5 Å². The molecule has 1 fully saturated rings. The van der Waals surface area contributed by atoms with Gasteiger partial charge in [-0.15, -0.1) is 0 Å². The Balaban J connectivity index is 1.78. The van der Waals surface area contributed by atoms with Crippen molar-refractivity contribution in [3.8, 4) is 0 Å². The Kier molecular flexibility index (Phi) is 8.06. The second kappa shape index (κ2) is 10.8. The lowest BCUT2D eigenvalue weighted by atomic mass is 9.95. The van der Waals surface area contributed by atoms with Crippen LogP contribution in [0.5, 0.6) is 0 Å². The van der Waals surface area contributed by atoms with Gasteiger partial charge in [0.15, 0.2) is 0 Å². The summed E-state index contributed by atoms with van der Waals surface area (Å²) in [7, 11) is 0. The number of rotatable bonds is 7. The largest absolute Gasteiger partial charge is 0.396 e. The van der Waals surface area contributed by atoms with Gasteiger partial charge in [-0.3, -0.25) is 14.9 Å². The molecule has 0 bridgehead atoms. The smallest absolute Gasteiger partial charge is 0.283 e. The molecule has 1 amide bonds. The van der Waals surface area contributed by atoms with Crippen molar-refractivity contribution in [2.75, 3.05) is 19.7 Å². The molecule has 2 N–H and O–H groups in total. The maximum absolute atomic E-state index is 12.5. The molecule has 1 saturated heterocycles. The molecule has 3 rings (SSSR count). The molecule has 2 aromatic rings. The second-order valence-corrected chi connectivity index (χ2v) is 9.28. The van der Waals surface area contributed by atoms with Gasteiger partial charge in [0.2, 0.25) is 5.91 Å². The molecular weight excluding hydrogens is 428 g/mol. The van der Waals surface area contributed by atoms with Crippen LogP contribution < -0.4 is 0 Å². The summed E-state index contributed by atoms with van der Waals surface area (Å²) in [6.45, 7) is 4.69. The summed E-state index contributed by atoms with van der Waals surface area (Å²) < 4.78 is 0. The number of amides is 1. The van der Waals surface area contributed by atoms with Crippen LogP contribution in [0.1, 0.15) is 37.3 Å². The van der Waals surface area contributed by atoms with Gasteiger partial charge in [0.1, 0.15) is 0 Å². The summed E-state index contributed by atoms with van der Waals surface area (Å²) in [6.07, 6.45) is 2.75. The molecule has 1 aliphatic heterocycles. The third-order valence-corrected chi connectivity index (χ3v) is 6.76. The lowest BCUT2D eigenvalue weighted by Crippen LogP contribution is -2.46. The minimum Gasteiger partial charge on any atom is -0.396 e. The fourth-order valence-corrected chi connectivity index (χ4v) is 4.89. The van der Waals surface area contributed by atoms with Crippen molar-refractivity contribution in [3.05, 3.63) is 69.8 Å². The topological polar surface area (TPSA) is 104 Å². The number of nitrogens with zero attached hydrogens (tertiary/aromatic N) is 2. The summed E-state index contributed by atoms with van der Waals surface area (Å²) in [6, 6.07) is 12.8. The number of hydrogen-bond acceptors (Lipinski definition) is 6. The Labute approximate surface area is 191 Å². The molecule has 0 aliphatic carbocycles. The van der Waals surface area contributed by atoms with E-state index in [4.69, 9.17) is 0 Å². The summed E-state index contributed by atoms with van der Waals surface area (Å²) in [5.41, 5.74) is 1.68. The molecule has 0 spiro atoms. The molecule has 1 aliphatic rings. The second-order valence-electron chi connectivity index (χ2n) is 8.20. The Morgan fingerprint density at radius 1 is 1.28 bits per heavy atom.